The maximum atomic E-state index is 13.1. The monoisotopic (exact) mass is 534 g/mol. The molecule has 3 N–H and O–H groups in total. The third-order valence-corrected chi connectivity index (χ3v) is 6.76. The molecule has 1 saturated heterocycles. The van der Waals surface area contributed by atoms with E-state index in [2.05, 4.69) is 16.0 Å². The highest BCUT2D eigenvalue weighted by Crippen LogP contribution is 2.19. The van der Waals surface area contributed by atoms with Crippen molar-refractivity contribution < 1.29 is 23.9 Å². The molecule has 0 bridgehead atoms. The van der Waals surface area contributed by atoms with Gasteiger partial charge in [0.05, 0.1) is 0 Å². The minimum absolute atomic E-state index is 0.164. The van der Waals surface area contributed by atoms with Gasteiger partial charge in [-0.1, -0.05) is 29.8 Å². The van der Waals surface area contributed by atoms with Gasteiger partial charge in [-0.2, -0.15) is 11.8 Å². The molecule has 0 aromatic heterocycles. The largest absolute Gasteiger partial charge is 0.444 e. The fourth-order valence-corrected chi connectivity index (χ4v) is 4.44. The van der Waals surface area contributed by atoms with Gasteiger partial charge in [0.15, 0.2) is 0 Å². The van der Waals surface area contributed by atoms with Gasteiger partial charge in [-0.05, 0) is 71.5 Å². The number of nitrogens with zero attached hydrogens (tertiary/aromatic N) is 1. The number of alkyl carbamates (subject to hydrolysis) is 1. The van der Waals surface area contributed by atoms with E-state index in [1.54, 1.807) is 44.4 Å². The van der Waals surface area contributed by atoms with Crippen molar-refractivity contribution in [2.75, 3.05) is 25.1 Å². The van der Waals surface area contributed by atoms with Gasteiger partial charge in [0, 0.05) is 25.6 Å². The molecule has 1 heterocycles. The average molecular weight is 535 g/mol. The Balaban J connectivity index is 1.82. The average Bonchev–Trinajstić information content (AvgIpc) is 2.84. The molecule has 0 radical (unpaired) electrons. The lowest BCUT2D eigenvalue weighted by Crippen LogP contribution is -2.53. The number of hydrogen-bond acceptors (Lipinski definition) is 6. The van der Waals surface area contributed by atoms with E-state index in [0.717, 1.165) is 16.9 Å². The summed E-state index contributed by atoms with van der Waals surface area (Å²) in [6, 6.07) is 6.56. The Bertz CT molecular complexity index is 924. The Morgan fingerprint density at radius 1 is 1.08 bits per heavy atom. The maximum Gasteiger partial charge on any atom is 0.408 e. The number of carbonyl (C=O) groups is 4. The molecule has 9 nitrogen and oxygen atoms in total. The van der Waals surface area contributed by atoms with Crippen LogP contribution in [0.1, 0.15) is 58.1 Å². The number of thioether (sulfide) groups is 1. The van der Waals surface area contributed by atoms with Crippen LogP contribution in [0.3, 0.4) is 0 Å². The number of likely N-dealkylation sites (tertiary alicyclic amines) is 1. The van der Waals surface area contributed by atoms with Crippen molar-refractivity contribution >= 4 is 35.6 Å². The van der Waals surface area contributed by atoms with E-state index >= 15 is 0 Å². The second kappa shape index (κ2) is 14.3. The quantitative estimate of drug-likeness (QED) is 0.425. The van der Waals surface area contributed by atoms with E-state index < -0.39 is 23.8 Å². The van der Waals surface area contributed by atoms with E-state index in [1.165, 1.54) is 0 Å². The fourth-order valence-electron chi connectivity index (χ4n) is 3.97. The first-order valence-electron chi connectivity index (χ1n) is 12.8. The first kappa shape index (κ1) is 30.5. The van der Waals surface area contributed by atoms with Crippen LogP contribution in [0.4, 0.5) is 4.79 Å². The maximum absolute atomic E-state index is 13.1. The zero-order valence-electron chi connectivity index (χ0n) is 22.9. The van der Waals surface area contributed by atoms with Crippen molar-refractivity contribution in [2.24, 2.45) is 5.92 Å². The number of ether oxygens (including phenoxy) is 1. The highest BCUT2D eigenvalue weighted by molar-refractivity contribution is 7.98. The Kier molecular flexibility index (Phi) is 11.7. The standard InChI is InChI=1S/C27H42N4O5S/c1-18-7-9-20(10-8-18)17-28-23(32)19(2)29-24(33)21-11-14-31(15-12-21)25(34)22(13-16-37-6)30-26(35)36-27(3,4)5/h7-10,19,21-22H,11-17H2,1-6H3,(H,28,32)(H,29,33)(H,30,35). The molecule has 10 heteroatoms. The lowest BCUT2D eigenvalue weighted by atomic mass is 9.95. The Morgan fingerprint density at radius 3 is 2.27 bits per heavy atom. The number of benzene rings is 1. The summed E-state index contributed by atoms with van der Waals surface area (Å²) in [7, 11) is 0. The van der Waals surface area contributed by atoms with Crippen LogP contribution in [0.15, 0.2) is 24.3 Å². The summed E-state index contributed by atoms with van der Waals surface area (Å²) in [6.07, 6.45) is 2.82. The molecule has 0 aliphatic carbocycles. The van der Waals surface area contributed by atoms with Gasteiger partial charge in [-0.25, -0.2) is 4.79 Å². The summed E-state index contributed by atoms with van der Waals surface area (Å²) in [6.45, 7) is 10.2. The number of piperidine rings is 1. The Labute approximate surface area is 224 Å². The molecule has 0 spiro atoms. The van der Waals surface area contributed by atoms with Gasteiger partial charge in [0.25, 0.3) is 0 Å². The van der Waals surface area contributed by atoms with Crippen LogP contribution in [-0.4, -0.2) is 71.5 Å². The first-order valence-corrected chi connectivity index (χ1v) is 14.2. The topological polar surface area (TPSA) is 117 Å². The Morgan fingerprint density at radius 2 is 1.70 bits per heavy atom. The van der Waals surface area contributed by atoms with Gasteiger partial charge in [0.2, 0.25) is 17.7 Å². The summed E-state index contributed by atoms with van der Waals surface area (Å²) in [4.78, 5) is 52.3. The van der Waals surface area contributed by atoms with Crippen LogP contribution in [-0.2, 0) is 25.7 Å². The molecular weight excluding hydrogens is 492 g/mol. The minimum Gasteiger partial charge on any atom is -0.444 e. The molecule has 2 unspecified atom stereocenters. The molecular formula is C27H42N4O5S. The minimum atomic E-state index is -0.676. The first-order chi connectivity index (χ1) is 17.4. The van der Waals surface area contributed by atoms with Crippen molar-refractivity contribution in [3.63, 3.8) is 0 Å². The third-order valence-electron chi connectivity index (χ3n) is 6.12. The second-order valence-electron chi connectivity index (χ2n) is 10.5. The number of carbonyl (C=O) groups excluding carboxylic acids is 4. The molecule has 4 amide bonds. The van der Waals surface area contributed by atoms with E-state index in [-0.39, 0.29) is 23.6 Å². The van der Waals surface area contributed by atoms with Crippen molar-refractivity contribution in [2.45, 2.75) is 78.1 Å². The van der Waals surface area contributed by atoms with E-state index in [4.69, 9.17) is 4.74 Å². The Hall–Kier alpha value is -2.75. The number of hydrogen-bond donors (Lipinski definition) is 3. The molecule has 1 aromatic carbocycles. The lowest BCUT2D eigenvalue weighted by molar-refractivity contribution is -0.138. The number of rotatable bonds is 10. The SMILES string of the molecule is CSCCC(NC(=O)OC(C)(C)C)C(=O)N1CCC(C(=O)NC(C)C(=O)NCc2ccc(C)cc2)CC1. The predicted molar refractivity (Wildman–Crippen MR) is 146 cm³/mol. The fraction of sp³-hybridized carbons (Fsp3) is 0.630. The number of nitrogens with one attached hydrogen (secondary N) is 3. The molecule has 2 rings (SSSR count). The van der Waals surface area contributed by atoms with Crippen LogP contribution in [0.2, 0.25) is 0 Å². The summed E-state index contributed by atoms with van der Waals surface area (Å²) < 4.78 is 5.32. The molecule has 1 aliphatic rings. The van der Waals surface area contributed by atoms with E-state index in [9.17, 15) is 19.2 Å². The third kappa shape index (κ3) is 10.6. The van der Waals surface area contributed by atoms with Crippen LogP contribution in [0.25, 0.3) is 0 Å². The smallest absolute Gasteiger partial charge is 0.408 e. The van der Waals surface area contributed by atoms with Crippen molar-refractivity contribution in [3.8, 4) is 0 Å². The van der Waals surface area contributed by atoms with Crippen molar-refractivity contribution in [1.29, 1.82) is 0 Å². The summed E-state index contributed by atoms with van der Waals surface area (Å²) in [5.74, 6) is -0.153. The van der Waals surface area contributed by atoms with Crippen LogP contribution >= 0.6 is 11.8 Å². The summed E-state index contributed by atoms with van der Waals surface area (Å²) >= 11 is 1.60. The summed E-state index contributed by atoms with van der Waals surface area (Å²) in [5, 5.41) is 8.38. The van der Waals surface area contributed by atoms with Gasteiger partial charge >= 0.3 is 6.09 Å². The molecule has 1 aromatic rings. The zero-order valence-corrected chi connectivity index (χ0v) is 23.7. The van der Waals surface area contributed by atoms with Gasteiger partial charge in [-0.15, -0.1) is 0 Å². The van der Waals surface area contributed by atoms with E-state index in [1.807, 2.05) is 37.4 Å². The highest BCUT2D eigenvalue weighted by atomic mass is 32.2. The van der Waals surface area contributed by atoms with E-state index in [0.29, 0.717) is 38.9 Å². The highest BCUT2D eigenvalue weighted by Gasteiger charge is 2.33. The number of amides is 4. The predicted octanol–water partition coefficient (Wildman–Crippen LogP) is 3.00. The number of aryl methyl sites for hydroxylation is 1. The zero-order chi connectivity index (χ0) is 27.6. The molecule has 1 fully saturated rings. The van der Waals surface area contributed by atoms with Crippen LogP contribution in [0.5, 0.6) is 0 Å². The molecule has 37 heavy (non-hydrogen) atoms. The van der Waals surface area contributed by atoms with Gasteiger partial charge < -0.3 is 25.6 Å². The summed E-state index contributed by atoms with van der Waals surface area (Å²) in [5.41, 5.74) is 1.49. The molecule has 206 valence electrons. The lowest BCUT2D eigenvalue weighted by Gasteiger charge is -2.34. The van der Waals surface area contributed by atoms with Crippen molar-refractivity contribution in [3.05, 3.63) is 35.4 Å². The molecule has 0 saturated carbocycles. The molecule has 1 aliphatic heterocycles. The van der Waals surface area contributed by atoms with Crippen LogP contribution < -0.4 is 16.0 Å². The van der Waals surface area contributed by atoms with Gasteiger partial charge in [-0.3, -0.25) is 14.4 Å². The van der Waals surface area contributed by atoms with Crippen LogP contribution in [0, 0.1) is 12.8 Å². The molecule has 2 atom stereocenters. The van der Waals surface area contributed by atoms with Gasteiger partial charge in [0.1, 0.15) is 17.7 Å². The van der Waals surface area contributed by atoms with Crippen molar-refractivity contribution in [1.82, 2.24) is 20.9 Å². The normalized spacial score (nSPS) is 15.9. The second-order valence-corrected chi connectivity index (χ2v) is 11.5.